The van der Waals surface area contributed by atoms with E-state index in [1.807, 2.05) is 0 Å². The molecule has 0 radical (unpaired) electrons. The number of aromatic nitrogens is 2. The molecular weight excluding hydrogens is 433 g/mol. The van der Waals surface area contributed by atoms with E-state index in [0.29, 0.717) is 26.8 Å². The molecule has 0 fully saturated rings. The Hall–Kier alpha value is -2.16. The zero-order valence-electron chi connectivity index (χ0n) is 14.3. The number of ketones is 1. The third-order valence-electron chi connectivity index (χ3n) is 3.63. The minimum absolute atomic E-state index is 0.0514. The molecule has 5 nitrogen and oxygen atoms in total. The Kier molecular flexibility index (Phi) is 6.22. The molecule has 146 valence electrons. The summed E-state index contributed by atoms with van der Waals surface area (Å²) in [6.07, 6.45) is 0. The molecule has 1 aromatic heterocycles. The predicted molar refractivity (Wildman–Crippen MR) is 103 cm³/mol. The summed E-state index contributed by atoms with van der Waals surface area (Å²) in [5, 5.41) is 0.223. The molecule has 3 aromatic rings. The SMILES string of the molecule is COc1cccc(Cl)c1SCC(=O)c1ccc(-c2noc(C(F)(F)Cl)n2)cc1. The first kappa shape index (κ1) is 20.6. The standard InChI is InChI=1S/C18H12Cl2F2N2O3S/c1-26-14-4-2-3-12(19)15(14)28-9-13(25)10-5-7-11(8-6-10)16-23-17(27-24-16)18(20,21)22/h2-8H,9H2,1H3. The first-order chi connectivity index (χ1) is 13.3. The summed E-state index contributed by atoms with van der Waals surface area (Å²) in [6.45, 7) is 0. The zero-order valence-corrected chi connectivity index (χ0v) is 16.6. The van der Waals surface area contributed by atoms with Crippen LogP contribution in [0.25, 0.3) is 11.4 Å². The van der Waals surface area contributed by atoms with Crippen molar-refractivity contribution in [1.82, 2.24) is 10.1 Å². The summed E-state index contributed by atoms with van der Waals surface area (Å²) in [6, 6.07) is 11.4. The fourth-order valence-electron chi connectivity index (χ4n) is 2.27. The average Bonchev–Trinajstić information content (AvgIpc) is 3.17. The highest BCUT2D eigenvalue weighted by atomic mass is 35.5. The van der Waals surface area contributed by atoms with Crippen molar-refractivity contribution in [1.29, 1.82) is 0 Å². The first-order valence-corrected chi connectivity index (χ1v) is 9.53. The average molecular weight is 445 g/mol. The molecule has 3 rings (SSSR count). The highest BCUT2D eigenvalue weighted by Crippen LogP contribution is 2.36. The molecule has 1 heterocycles. The molecule has 0 unspecified atom stereocenters. The van der Waals surface area contributed by atoms with Crippen molar-refractivity contribution in [3.8, 4) is 17.1 Å². The molecule has 0 aliphatic carbocycles. The number of thioether (sulfide) groups is 1. The van der Waals surface area contributed by atoms with Crippen LogP contribution in [0.15, 0.2) is 51.9 Å². The minimum atomic E-state index is -3.74. The smallest absolute Gasteiger partial charge is 0.400 e. The number of benzene rings is 2. The minimum Gasteiger partial charge on any atom is -0.496 e. The van der Waals surface area contributed by atoms with Crippen LogP contribution in [0.2, 0.25) is 5.02 Å². The van der Waals surface area contributed by atoms with Gasteiger partial charge in [0.2, 0.25) is 5.82 Å². The van der Waals surface area contributed by atoms with Crippen LogP contribution in [-0.2, 0) is 5.38 Å². The number of alkyl halides is 3. The third kappa shape index (κ3) is 4.63. The predicted octanol–water partition coefficient (Wildman–Crippen LogP) is 5.66. The fraction of sp³-hybridized carbons (Fsp3) is 0.167. The van der Waals surface area contributed by atoms with Gasteiger partial charge in [0.1, 0.15) is 5.75 Å². The number of carbonyl (C=O) groups excluding carboxylic acids is 1. The van der Waals surface area contributed by atoms with Crippen LogP contribution in [0, 0.1) is 0 Å². The number of hydrogen-bond donors (Lipinski definition) is 0. The van der Waals surface area contributed by atoms with E-state index in [2.05, 4.69) is 14.7 Å². The van der Waals surface area contributed by atoms with Gasteiger partial charge in [0.05, 0.1) is 22.8 Å². The molecule has 0 saturated heterocycles. The van der Waals surface area contributed by atoms with Crippen molar-refractivity contribution < 1.29 is 22.8 Å². The number of rotatable bonds is 7. The Morgan fingerprint density at radius 1 is 1.25 bits per heavy atom. The Morgan fingerprint density at radius 2 is 1.96 bits per heavy atom. The lowest BCUT2D eigenvalue weighted by Crippen LogP contribution is -2.03. The second kappa shape index (κ2) is 8.46. The van der Waals surface area contributed by atoms with Crippen molar-refractivity contribution in [2.45, 2.75) is 10.3 Å². The van der Waals surface area contributed by atoms with Gasteiger partial charge >= 0.3 is 11.3 Å². The van der Waals surface area contributed by atoms with Crippen LogP contribution in [-0.4, -0.2) is 28.8 Å². The van der Waals surface area contributed by atoms with E-state index in [0.717, 1.165) is 0 Å². The Labute approximate surface area is 173 Å². The lowest BCUT2D eigenvalue weighted by Gasteiger charge is -2.09. The first-order valence-electron chi connectivity index (χ1n) is 7.79. The van der Waals surface area contributed by atoms with Gasteiger partial charge < -0.3 is 9.26 Å². The third-order valence-corrected chi connectivity index (χ3v) is 5.34. The quantitative estimate of drug-likeness (QED) is 0.266. The van der Waals surface area contributed by atoms with Crippen LogP contribution in [0.4, 0.5) is 8.78 Å². The highest BCUT2D eigenvalue weighted by molar-refractivity contribution is 8.00. The second-order valence-electron chi connectivity index (χ2n) is 5.48. The van der Waals surface area contributed by atoms with Crippen LogP contribution >= 0.6 is 35.0 Å². The van der Waals surface area contributed by atoms with Crippen molar-refractivity contribution >= 4 is 40.7 Å². The van der Waals surface area contributed by atoms with Crippen LogP contribution in [0.3, 0.4) is 0 Å². The summed E-state index contributed by atoms with van der Waals surface area (Å²) in [4.78, 5) is 16.7. The van der Waals surface area contributed by atoms with Gasteiger partial charge in [0.25, 0.3) is 0 Å². The normalized spacial score (nSPS) is 11.5. The molecule has 28 heavy (non-hydrogen) atoms. The van der Waals surface area contributed by atoms with E-state index in [4.69, 9.17) is 27.9 Å². The number of methoxy groups -OCH3 is 1. The van der Waals surface area contributed by atoms with E-state index in [1.165, 1.54) is 31.0 Å². The fourth-order valence-corrected chi connectivity index (χ4v) is 3.62. The topological polar surface area (TPSA) is 65.2 Å². The summed E-state index contributed by atoms with van der Waals surface area (Å²) in [7, 11) is 1.53. The second-order valence-corrected chi connectivity index (χ2v) is 7.35. The van der Waals surface area contributed by atoms with Gasteiger partial charge in [-0.3, -0.25) is 4.79 Å². The Balaban J connectivity index is 1.70. The summed E-state index contributed by atoms with van der Waals surface area (Å²) in [5.41, 5.74) is 0.849. The molecule has 10 heteroatoms. The molecular formula is C18H12Cl2F2N2O3S. The Bertz CT molecular complexity index is 991. The van der Waals surface area contributed by atoms with Gasteiger partial charge in [-0.15, -0.1) is 11.8 Å². The molecule has 0 aliphatic rings. The molecule has 0 atom stereocenters. The molecule has 0 aliphatic heterocycles. The molecule has 0 bridgehead atoms. The van der Waals surface area contributed by atoms with Gasteiger partial charge in [0.15, 0.2) is 5.78 Å². The summed E-state index contributed by atoms with van der Waals surface area (Å²) >= 11 is 12.3. The van der Waals surface area contributed by atoms with Crippen LogP contribution < -0.4 is 4.74 Å². The number of halogens is 4. The van der Waals surface area contributed by atoms with E-state index in [-0.39, 0.29) is 17.4 Å². The van der Waals surface area contributed by atoms with E-state index in [1.54, 1.807) is 30.3 Å². The largest absolute Gasteiger partial charge is 0.496 e. The maximum Gasteiger partial charge on any atom is 0.400 e. The lowest BCUT2D eigenvalue weighted by atomic mass is 10.1. The van der Waals surface area contributed by atoms with Gasteiger partial charge in [-0.05, 0) is 23.7 Å². The molecule has 0 saturated carbocycles. The maximum atomic E-state index is 13.0. The van der Waals surface area contributed by atoms with E-state index in [9.17, 15) is 13.6 Å². The van der Waals surface area contributed by atoms with Crippen molar-refractivity contribution in [2.75, 3.05) is 12.9 Å². The molecule has 2 aromatic carbocycles. The monoisotopic (exact) mass is 444 g/mol. The lowest BCUT2D eigenvalue weighted by molar-refractivity contribution is 0.0551. The summed E-state index contributed by atoms with van der Waals surface area (Å²) in [5.74, 6) is -0.451. The van der Waals surface area contributed by atoms with Crippen molar-refractivity contribution in [3.63, 3.8) is 0 Å². The number of hydrogen-bond acceptors (Lipinski definition) is 6. The van der Waals surface area contributed by atoms with Gasteiger partial charge in [0, 0.05) is 11.1 Å². The van der Waals surface area contributed by atoms with Gasteiger partial charge in [-0.25, -0.2) is 0 Å². The number of carbonyl (C=O) groups is 1. The maximum absolute atomic E-state index is 13.0. The molecule has 0 spiro atoms. The molecule has 0 amide bonds. The zero-order chi connectivity index (χ0) is 20.3. The Morgan fingerprint density at radius 3 is 2.57 bits per heavy atom. The summed E-state index contributed by atoms with van der Waals surface area (Å²) < 4.78 is 35.6. The molecule has 0 N–H and O–H groups in total. The van der Waals surface area contributed by atoms with Crippen LogP contribution in [0.5, 0.6) is 5.75 Å². The number of nitrogens with zero attached hydrogens (tertiary/aromatic N) is 2. The van der Waals surface area contributed by atoms with E-state index < -0.39 is 11.3 Å². The van der Waals surface area contributed by atoms with Crippen molar-refractivity contribution in [3.05, 3.63) is 58.9 Å². The van der Waals surface area contributed by atoms with Crippen molar-refractivity contribution in [2.24, 2.45) is 0 Å². The number of ether oxygens (including phenoxy) is 1. The van der Waals surface area contributed by atoms with Gasteiger partial charge in [-0.2, -0.15) is 13.8 Å². The van der Waals surface area contributed by atoms with Crippen LogP contribution in [0.1, 0.15) is 16.2 Å². The van der Waals surface area contributed by atoms with Gasteiger partial charge in [-0.1, -0.05) is 47.1 Å². The van der Waals surface area contributed by atoms with E-state index >= 15 is 0 Å². The number of Topliss-reactive ketones (excluding diaryl/α,β-unsaturated/α-hetero) is 1. The highest BCUT2D eigenvalue weighted by Gasteiger charge is 2.35.